The van der Waals surface area contributed by atoms with E-state index < -0.39 is 16.7 Å². The van der Waals surface area contributed by atoms with E-state index in [1.54, 1.807) is 22.5 Å². The van der Waals surface area contributed by atoms with Gasteiger partial charge >= 0.3 is 0 Å². The zero-order chi connectivity index (χ0) is 23.2. The van der Waals surface area contributed by atoms with Gasteiger partial charge in [0.25, 0.3) is 0 Å². The lowest BCUT2D eigenvalue weighted by Crippen LogP contribution is -2.58. The maximum absolute atomic E-state index is 13.2. The van der Waals surface area contributed by atoms with Gasteiger partial charge in [0.2, 0.25) is 10.0 Å². The van der Waals surface area contributed by atoms with E-state index in [0.717, 1.165) is 32.1 Å². The van der Waals surface area contributed by atoms with Crippen LogP contribution in [0.5, 0.6) is 0 Å². The molecule has 0 N–H and O–H groups in total. The SMILES string of the molecule is CCCS(=O)(=O)N1CCN(C2(CCC(=O)c3cccc(CF)c3Cl)CCCCCC2)CC1. The number of halogens is 2. The molecule has 3 rings (SSSR count). The largest absolute Gasteiger partial charge is 0.295 e. The van der Waals surface area contributed by atoms with Crippen LogP contribution in [0.1, 0.15) is 80.6 Å². The van der Waals surface area contributed by atoms with Gasteiger partial charge in [0, 0.05) is 49.3 Å². The van der Waals surface area contributed by atoms with Gasteiger partial charge in [0.05, 0.1) is 10.8 Å². The fourth-order valence-corrected chi connectivity index (χ4v) is 7.09. The molecular weight excluding hydrogens is 451 g/mol. The Morgan fingerprint density at radius 3 is 2.34 bits per heavy atom. The minimum atomic E-state index is -3.18. The number of carbonyl (C=O) groups is 1. The first-order valence-corrected chi connectivity index (χ1v) is 13.9. The molecule has 32 heavy (non-hydrogen) atoms. The Kier molecular flexibility index (Phi) is 9.13. The van der Waals surface area contributed by atoms with Gasteiger partial charge in [-0.2, -0.15) is 4.31 Å². The van der Waals surface area contributed by atoms with Crippen molar-refractivity contribution in [2.45, 2.75) is 76.9 Å². The number of sulfonamides is 1. The first-order chi connectivity index (χ1) is 15.3. The van der Waals surface area contributed by atoms with E-state index >= 15 is 0 Å². The highest BCUT2D eigenvalue weighted by molar-refractivity contribution is 7.89. The standard InChI is InChI=1S/C24H36ClFN2O3S/c1-2-18-32(30,31)28-16-14-27(15-17-28)24(11-5-3-4-6-12-24)13-10-22(29)21-9-7-8-20(19-26)23(21)25/h7-9H,2-6,10-19H2,1H3. The van der Waals surface area contributed by atoms with E-state index in [2.05, 4.69) is 4.90 Å². The van der Waals surface area contributed by atoms with Crippen LogP contribution in [0.25, 0.3) is 0 Å². The van der Waals surface area contributed by atoms with Crippen LogP contribution >= 0.6 is 11.6 Å². The fourth-order valence-electron chi connectivity index (χ4n) is 5.32. The summed E-state index contributed by atoms with van der Waals surface area (Å²) in [6, 6.07) is 4.98. The van der Waals surface area contributed by atoms with Gasteiger partial charge < -0.3 is 0 Å². The summed E-state index contributed by atoms with van der Waals surface area (Å²) in [4.78, 5) is 15.5. The highest BCUT2D eigenvalue weighted by atomic mass is 35.5. The first-order valence-electron chi connectivity index (χ1n) is 11.9. The number of ketones is 1. The van der Waals surface area contributed by atoms with Crippen LogP contribution < -0.4 is 0 Å². The molecule has 0 atom stereocenters. The number of benzene rings is 1. The number of piperazine rings is 1. The first kappa shape index (κ1) is 25.6. The molecule has 0 aromatic heterocycles. The summed E-state index contributed by atoms with van der Waals surface area (Å²) in [7, 11) is -3.18. The lowest BCUT2D eigenvalue weighted by atomic mass is 9.82. The topological polar surface area (TPSA) is 57.7 Å². The Morgan fingerprint density at radius 2 is 1.75 bits per heavy atom. The number of rotatable bonds is 9. The summed E-state index contributed by atoms with van der Waals surface area (Å²) in [5.74, 6) is 0.156. The molecule has 8 heteroatoms. The van der Waals surface area contributed by atoms with E-state index in [1.807, 2.05) is 6.92 Å². The molecule has 0 radical (unpaired) electrons. The van der Waals surface area contributed by atoms with Crippen LogP contribution in [0.3, 0.4) is 0 Å². The summed E-state index contributed by atoms with van der Waals surface area (Å²) in [5.41, 5.74) is 0.670. The summed E-state index contributed by atoms with van der Waals surface area (Å²) >= 11 is 6.29. The lowest BCUT2D eigenvalue weighted by molar-refractivity contribution is 0.0320. The van der Waals surface area contributed by atoms with E-state index in [9.17, 15) is 17.6 Å². The molecule has 1 aromatic rings. The third-order valence-electron chi connectivity index (χ3n) is 7.14. The quantitative estimate of drug-likeness (QED) is 0.354. The highest BCUT2D eigenvalue weighted by Gasteiger charge is 2.40. The van der Waals surface area contributed by atoms with Gasteiger partial charge in [-0.15, -0.1) is 0 Å². The van der Waals surface area contributed by atoms with Crippen LogP contribution in [0.15, 0.2) is 18.2 Å². The molecule has 0 unspecified atom stereocenters. The molecule has 0 bridgehead atoms. The molecule has 1 aromatic carbocycles. The van der Waals surface area contributed by atoms with Gasteiger partial charge in [-0.3, -0.25) is 9.69 Å². The Morgan fingerprint density at radius 1 is 1.09 bits per heavy atom. The van der Waals surface area contributed by atoms with E-state index in [4.69, 9.17) is 11.6 Å². The van der Waals surface area contributed by atoms with Gasteiger partial charge in [-0.25, -0.2) is 12.8 Å². The Bertz CT molecular complexity index is 877. The predicted molar refractivity (Wildman–Crippen MR) is 127 cm³/mol. The van der Waals surface area contributed by atoms with Gasteiger partial charge in [0.1, 0.15) is 6.67 Å². The molecule has 1 saturated heterocycles. The minimum Gasteiger partial charge on any atom is -0.295 e. The summed E-state index contributed by atoms with van der Waals surface area (Å²) < 4.78 is 39.8. The van der Waals surface area contributed by atoms with Crippen molar-refractivity contribution in [1.29, 1.82) is 0 Å². The molecule has 0 amide bonds. The number of alkyl halides is 1. The van der Waals surface area contributed by atoms with Gasteiger partial charge in [-0.05, 0) is 31.7 Å². The van der Waals surface area contributed by atoms with Crippen molar-refractivity contribution in [2.24, 2.45) is 0 Å². The van der Waals surface area contributed by atoms with Crippen LogP contribution in [0.4, 0.5) is 4.39 Å². The third-order valence-corrected chi connectivity index (χ3v) is 9.66. The molecule has 1 heterocycles. The second-order valence-electron chi connectivity index (χ2n) is 9.18. The average molecular weight is 487 g/mol. The molecule has 0 spiro atoms. The summed E-state index contributed by atoms with van der Waals surface area (Å²) in [6.45, 7) is 3.64. The summed E-state index contributed by atoms with van der Waals surface area (Å²) in [5, 5.41) is 0.227. The molecule has 2 fully saturated rings. The number of hydrogen-bond donors (Lipinski definition) is 0. The van der Waals surface area contributed by atoms with Crippen molar-refractivity contribution < 1.29 is 17.6 Å². The van der Waals surface area contributed by atoms with Gasteiger partial charge in [-0.1, -0.05) is 56.3 Å². The average Bonchev–Trinajstić information content (AvgIpc) is 3.04. The molecular formula is C24H36ClFN2O3S. The van der Waals surface area contributed by atoms with E-state index in [1.165, 1.54) is 12.8 Å². The van der Waals surface area contributed by atoms with Gasteiger partial charge in [0.15, 0.2) is 5.78 Å². The Balaban J connectivity index is 1.72. The smallest absolute Gasteiger partial charge is 0.214 e. The van der Waals surface area contributed by atoms with Crippen LogP contribution in [0, 0.1) is 0 Å². The molecule has 5 nitrogen and oxygen atoms in total. The zero-order valence-electron chi connectivity index (χ0n) is 19.1. The molecule has 1 aliphatic carbocycles. The second kappa shape index (κ2) is 11.4. The van der Waals surface area contributed by atoms with E-state index in [0.29, 0.717) is 50.1 Å². The molecule has 1 aliphatic heterocycles. The number of hydrogen-bond acceptors (Lipinski definition) is 4. The van der Waals surface area contributed by atoms with Crippen molar-refractivity contribution in [3.05, 3.63) is 34.3 Å². The molecule has 2 aliphatic rings. The van der Waals surface area contributed by atoms with E-state index in [-0.39, 0.29) is 22.1 Å². The third kappa shape index (κ3) is 5.91. The van der Waals surface area contributed by atoms with Crippen molar-refractivity contribution in [1.82, 2.24) is 9.21 Å². The fraction of sp³-hybridized carbons (Fsp3) is 0.708. The van der Waals surface area contributed by atoms with Crippen molar-refractivity contribution in [3.8, 4) is 0 Å². The Labute approximate surface area is 197 Å². The maximum Gasteiger partial charge on any atom is 0.214 e. The van der Waals surface area contributed by atoms with Crippen LogP contribution in [-0.2, 0) is 16.7 Å². The normalized spacial score (nSPS) is 20.7. The predicted octanol–water partition coefficient (Wildman–Crippen LogP) is 5.22. The summed E-state index contributed by atoms with van der Waals surface area (Å²) in [6.07, 6.45) is 8.42. The molecule has 180 valence electrons. The maximum atomic E-state index is 13.2. The minimum absolute atomic E-state index is 0.0434. The van der Waals surface area contributed by atoms with Crippen LogP contribution in [0.2, 0.25) is 5.02 Å². The van der Waals surface area contributed by atoms with Crippen molar-refractivity contribution in [3.63, 3.8) is 0 Å². The van der Waals surface area contributed by atoms with Crippen molar-refractivity contribution >= 4 is 27.4 Å². The zero-order valence-corrected chi connectivity index (χ0v) is 20.7. The monoisotopic (exact) mass is 486 g/mol. The Hall–Kier alpha value is -1.02. The highest BCUT2D eigenvalue weighted by Crippen LogP contribution is 2.38. The lowest BCUT2D eigenvalue weighted by Gasteiger charge is -2.48. The number of Topliss-reactive ketones (excluding diaryl/α,β-unsaturated/α-hetero) is 1. The number of nitrogens with zero attached hydrogens (tertiary/aromatic N) is 2. The van der Waals surface area contributed by atoms with Crippen molar-refractivity contribution in [2.75, 3.05) is 31.9 Å². The van der Waals surface area contributed by atoms with Crippen LogP contribution in [-0.4, -0.2) is 60.9 Å². The molecule has 1 saturated carbocycles. The second-order valence-corrected chi connectivity index (χ2v) is 11.6. The number of carbonyl (C=O) groups excluding carboxylic acids is 1.